The van der Waals surface area contributed by atoms with Gasteiger partial charge in [-0.05, 0) is 63.4 Å². The van der Waals surface area contributed by atoms with Crippen LogP contribution in [0.2, 0.25) is 0 Å². The van der Waals surface area contributed by atoms with Crippen LogP contribution < -0.4 is 20.5 Å². The van der Waals surface area contributed by atoms with E-state index in [9.17, 15) is 4.79 Å². The van der Waals surface area contributed by atoms with Gasteiger partial charge < -0.3 is 20.5 Å². The molecule has 1 aliphatic rings. The van der Waals surface area contributed by atoms with E-state index < -0.39 is 6.04 Å². The monoisotopic (exact) mass is 367 g/mol. The quantitative estimate of drug-likeness (QED) is 0.649. The van der Waals surface area contributed by atoms with Crippen molar-refractivity contribution >= 4 is 17.7 Å². The minimum atomic E-state index is -0.451. The van der Waals surface area contributed by atoms with Crippen LogP contribution in [0.15, 0.2) is 18.2 Å². The van der Waals surface area contributed by atoms with E-state index in [-0.39, 0.29) is 24.9 Å². The zero-order valence-electron chi connectivity index (χ0n) is 15.5. The fourth-order valence-electron chi connectivity index (χ4n) is 2.73. The standard InChI is InChI=1S/C18H29N3O3S/c1-12(9-14-5-6-16-17(10-14)24-11-23-16)21(3)13(2)20-18(22)15(19)7-8-25-4/h5-6,10,12-13,15H,7-9,11,19H2,1-4H3,(H,20,22). The molecule has 1 aromatic carbocycles. The van der Waals surface area contributed by atoms with E-state index >= 15 is 0 Å². The molecule has 140 valence electrons. The molecule has 0 aromatic heterocycles. The van der Waals surface area contributed by atoms with Crippen LogP contribution in [0.25, 0.3) is 0 Å². The highest BCUT2D eigenvalue weighted by atomic mass is 32.2. The molecule has 25 heavy (non-hydrogen) atoms. The molecule has 3 unspecified atom stereocenters. The van der Waals surface area contributed by atoms with Crippen LogP contribution in [-0.2, 0) is 11.2 Å². The maximum absolute atomic E-state index is 12.2. The number of ether oxygens (including phenoxy) is 2. The Balaban J connectivity index is 1.86. The molecular formula is C18H29N3O3S. The highest BCUT2D eigenvalue weighted by Crippen LogP contribution is 2.32. The number of nitrogens with one attached hydrogen (secondary N) is 1. The van der Waals surface area contributed by atoms with Crippen molar-refractivity contribution in [1.29, 1.82) is 0 Å². The zero-order valence-corrected chi connectivity index (χ0v) is 16.3. The third-order valence-corrected chi connectivity index (χ3v) is 5.24. The van der Waals surface area contributed by atoms with Gasteiger partial charge in [-0.3, -0.25) is 9.69 Å². The van der Waals surface area contributed by atoms with Crippen LogP contribution in [0.1, 0.15) is 25.8 Å². The van der Waals surface area contributed by atoms with Crippen molar-refractivity contribution in [3.8, 4) is 11.5 Å². The molecule has 0 fully saturated rings. The first-order valence-corrected chi connectivity index (χ1v) is 9.97. The van der Waals surface area contributed by atoms with Gasteiger partial charge in [-0.15, -0.1) is 0 Å². The number of benzene rings is 1. The molecule has 1 heterocycles. The first-order valence-electron chi connectivity index (χ1n) is 8.57. The summed E-state index contributed by atoms with van der Waals surface area (Å²) in [5.74, 6) is 2.39. The van der Waals surface area contributed by atoms with Crippen molar-refractivity contribution in [2.75, 3.05) is 25.8 Å². The second-order valence-corrected chi connectivity index (χ2v) is 7.46. The van der Waals surface area contributed by atoms with Crippen molar-refractivity contribution in [1.82, 2.24) is 10.2 Å². The molecule has 2 rings (SSSR count). The topological polar surface area (TPSA) is 76.8 Å². The number of carbonyl (C=O) groups excluding carboxylic acids is 1. The van der Waals surface area contributed by atoms with Gasteiger partial charge in [-0.2, -0.15) is 11.8 Å². The van der Waals surface area contributed by atoms with Crippen LogP contribution >= 0.6 is 11.8 Å². The Morgan fingerprint density at radius 1 is 1.36 bits per heavy atom. The smallest absolute Gasteiger partial charge is 0.238 e. The minimum absolute atomic E-state index is 0.0863. The largest absolute Gasteiger partial charge is 0.454 e. The van der Waals surface area contributed by atoms with E-state index in [1.54, 1.807) is 11.8 Å². The third-order valence-electron chi connectivity index (χ3n) is 4.60. The molecule has 1 aromatic rings. The predicted octanol–water partition coefficient (Wildman–Crippen LogP) is 1.82. The van der Waals surface area contributed by atoms with Gasteiger partial charge in [0, 0.05) is 6.04 Å². The second kappa shape index (κ2) is 9.31. The molecule has 0 aliphatic carbocycles. The number of amides is 1. The summed E-state index contributed by atoms with van der Waals surface area (Å²) in [6.07, 6.45) is 3.47. The van der Waals surface area contributed by atoms with E-state index in [1.807, 2.05) is 32.4 Å². The number of rotatable bonds is 9. The number of nitrogens with two attached hydrogens (primary N) is 1. The molecule has 0 saturated carbocycles. The van der Waals surface area contributed by atoms with E-state index in [1.165, 1.54) is 5.56 Å². The highest BCUT2D eigenvalue weighted by Gasteiger charge is 2.21. The second-order valence-electron chi connectivity index (χ2n) is 6.48. The number of nitrogens with zero attached hydrogens (tertiary/aromatic N) is 1. The lowest BCUT2D eigenvalue weighted by molar-refractivity contribution is -0.124. The van der Waals surface area contributed by atoms with E-state index in [0.29, 0.717) is 6.42 Å². The molecule has 1 amide bonds. The van der Waals surface area contributed by atoms with Gasteiger partial charge >= 0.3 is 0 Å². The molecule has 0 radical (unpaired) electrons. The summed E-state index contributed by atoms with van der Waals surface area (Å²) in [6.45, 7) is 4.41. The molecule has 7 heteroatoms. The maximum atomic E-state index is 12.2. The number of hydrogen-bond acceptors (Lipinski definition) is 6. The normalized spacial score (nSPS) is 16.6. The van der Waals surface area contributed by atoms with Crippen LogP contribution in [0.5, 0.6) is 11.5 Å². The summed E-state index contributed by atoms with van der Waals surface area (Å²) in [4.78, 5) is 14.3. The molecular weight excluding hydrogens is 338 g/mol. The number of hydrogen-bond donors (Lipinski definition) is 2. The number of likely N-dealkylation sites (N-methyl/N-ethyl adjacent to an activating group) is 1. The summed E-state index contributed by atoms with van der Waals surface area (Å²) in [5.41, 5.74) is 7.11. The Kier molecular flexibility index (Phi) is 7.40. The highest BCUT2D eigenvalue weighted by molar-refractivity contribution is 7.98. The van der Waals surface area contributed by atoms with Gasteiger partial charge in [0.05, 0.1) is 12.2 Å². The van der Waals surface area contributed by atoms with Crippen molar-refractivity contribution in [2.24, 2.45) is 5.73 Å². The van der Waals surface area contributed by atoms with Gasteiger partial charge in [-0.1, -0.05) is 6.07 Å². The summed E-state index contributed by atoms with van der Waals surface area (Å²) in [5, 5.41) is 3.00. The average Bonchev–Trinajstić information content (AvgIpc) is 3.06. The van der Waals surface area contributed by atoms with E-state index in [0.717, 1.165) is 23.7 Å². The Labute approximate surface area is 154 Å². The van der Waals surface area contributed by atoms with Crippen molar-refractivity contribution in [2.45, 2.75) is 44.9 Å². The van der Waals surface area contributed by atoms with Crippen LogP contribution in [-0.4, -0.2) is 54.9 Å². The molecule has 0 bridgehead atoms. The van der Waals surface area contributed by atoms with Crippen molar-refractivity contribution in [3.05, 3.63) is 23.8 Å². The third kappa shape index (κ3) is 5.52. The summed E-state index contributed by atoms with van der Waals surface area (Å²) >= 11 is 1.70. The van der Waals surface area contributed by atoms with Gasteiger partial charge in [0.25, 0.3) is 0 Å². The number of fused-ring (bicyclic) bond motifs is 1. The molecule has 0 spiro atoms. The maximum Gasteiger partial charge on any atom is 0.238 e. The Morgan fingerprint density at radius 2 is 2.08 bits per heavy atom. The zero-order chi connectivity index (χ0) is 18.4. The van der Waals surface area contributed by atoms with Gasteiger partial charge in [0.1, 0.15) is 0 Å². The minimum Gasteiger partial charge on any atom is -0.454 e. The van der Waals surface area contributed by atoms with Gasteiger partial charge in [-0.25, -0.2) is 0 Å². The SMILES string of the molecule is CSCCC(N)C(=O)NC(C)N(C)C(C)Cc1ccc2c(c1)OCO2. The average molecular weight is 368 g/mol. The first kappa shape index (κ1) is 19.9. The lowest BCUT2D eigenvalue weighted by atomic mass is 10.1. The molecule has 1 aliphatic heterocycles. The molecule has 3 N–H and O–H groups in total. The van der Waals surface area contributed by atoms with Crippen molar-refractivity contribution in [3.63, 3.8) is 0 Å². The van der Waals surface area contributed by atoms with E-state index in [2.05, 4.69) is 23.2 Å². The summed E-state index contributed by atoms with van der Waals surface area (Å²) in [6, 6.07) is 5.82. The Morgan fingerprint density at radius 3 is 2.80 bits per heavy atom. The van der Waals surface area contributed by atoms with Gasteiger partial charge in [0.15, 0.2) is 11.5 Å². The number of thioether (sulfide) groups is 1. The van der Waals surface area contributed by atoms with Crippen LogP contribution in [0.3, 0.4) is 0 Å². The summed E-state index contributed by atoms with van der Waals surface area (Å²) < 4.78 is 10.8. The summed E-state index contributed by atoms with van der Waals surface area (Å²) in [7, 11) is 2.01. The van der Waals surface area contributed by atoms with Crippen molar-refractivity contribution < 1.29 is 14.3 Å². The van der Waals surface area contributed by atoms with Gasteiger partial charge in [0.2, 0.25) is 12.7 Å². The Bertz CT molecular complexity index is 585. The molecule has 3 atom stereocenters. The Hall–Kier alpha value is -1.44. The fourth-order valence-corrected chi connectivity index (χ4v) is 3.22. The van der Waals surface area contributed by atoms with Crippen LogP contribution in [0, 0.1) is 0 Å². The number of carbonyl (C=O) groups is 1. The predicted molar refractivity (Wildman–Crippen MR) is 102 cm³/mol. The lowest BCUT2D eigenvalue weighted by Crippen LogP contribution is -2.52. The van der Waals surface area contributed by atoms with Crippen LogP contribution in [0.4, 0.5) is 0 Å². The lowest BCUT2D eigenvalue weighted by Gasteiger charge is -2.32. The molecule has 6 nitrogen and oxygen atoms in total. The van der Waals surface area contributed by atoms with E-state index in [4.69, 9.17) is 15.2 Å². The fraction of sp³-hybridized carbons (Fsp3) is 0.611. The molecule has 0 saturated heterocycles. The first-order chi connectivity index (χ1) is 11.9.